The second-order valence-corrected chi connectivity index (χ2v) is 6.07. The average Bonchev–Trinajstić information content (AvgIpc) is 3.17. The van der Waals surface area contributed by atoms with Gasteiger partial charge in [0, 0.05) is 38.0 Å². The zero-order chi connectivity index (χ0) is 16.2. The molecule has 0 aliphatic carbocycles. The van der Waals surface area contributed by atoms with Gasteiger partial charge in [-0.3, -0.25) is 4.79 Å². The van der Waals surface area contributed by atoms with Gasteiger partial charge in [-0.2, -0.15) is 0 Å². The van der Waals surface area contributed by atoms with Gasteiger partial charge in [0.05, 0.1) is 12.6 Å². The number of anilines is 2. The van der Waals surface area contributed by atoms with Crippen molar-refractivity contribution in [1.82, 2.24) is 4.90 Å². The van der Waals surface area contributed by atoms with Crippen molar-refractivity contribution >= 4 is 23.3 Å². The van der Waals surface area contributed by atoms with Gasteiger partial charge in [-0.1, -0.05) is 0 Å². The zero-order valence-corrected chi connectivity index (χ0v) is 13.5. The molecule has 2 heterocycles. The van der Waals surface area contributed by atoms with E-state index in [0.717, 1.165) is 43.7 Å². The van der Waals surface area contributed by atoms with Gasteiger partial charge in [-0.25, -0.2) is 4.79 Å². The molecule has 6 nitrogen and oxygen atoms in total. The van der Waals surface area contributed by atoms with Gasteiger partial charge in [0.25, 0.3) is 0 Å². The summed E-state index contributed by atoms with van der Waals surface area (Å²) in [5, 5.41) is 2.93. The van der Waals surface area contributed by atoms with Crippen LogP contribution in [0.5, 0.6) is 0 Å². The van der Waals surface area contributed by atoms with Crippen molar-refractivity contribution < 1.29 is 14.3 Å². The number of nitrogens with zero attached hydrogens (tertiary/aromatic N) is 2. The van der Waals surface area contributed by atoms with Crippen molar-refractivity contribution in [2.24, 2.45) is 0 Å². The number of hydrogen-bond acceptors (Lipinski definition) is 3. The predicted octanol–water partition coefficient (Wildman–Crippen LogP) is 2.46. The molecule has 2 saturated heterocycles. The van der Waals surface area contributed by atoms with E-state index in [2.05, 4.69) is 5.32 Å². The van der Waals surface area contributed by atoms with E-state index in [1.165, 1.54) is 0 Å². The van der Waals surface area contributed by atoms with Crippen LogP contribution in [0.15, 0.2) is 24.3 Å². The lowest BCUT2D eigenvalue weighted by atomic mass is 10.2. The second-order valence-electron chi connectivity index (χ2n) is 6.07. The molecule has 124 valence electrons. The SMILES string of the molecule is COCC1CCCN1C(=O)Nc1ccc(N2CCCC2=O)cc1. The molecule has 1 unspecified atom stereocenters. The highest BCUT2D eigenvalue weighted by Crippen LogP contribution is 2.24. The van der Waals surface area contributed by atoms with Crippen LogP contribution in [0.4, 0.5) is 16.2 Å². The van der Waals surface area contributed by atoms with Crippen LogP contribution in [0.1, 0.15) is 25.7 Å². The first-order valence-electron chi connectivity index (χ1n) is 8.16. The highest BCUT2D eigenvalue weighted by Gasteiger charge is 2.28. The number of nitrogens with one attached hydrogen (secondary N) is 1. The number of amides is 3. The van der Waals surface area contributed by atoms with Crippen LogP contribution in [0, 0.1) is 0 Å². The Bertz CT molecular complexity index is 573. The van der Waals surface area contributed by atoms with Crippen molar-refractivity contribution in [2.75, 3.05) is 37.0 Å². The van der Waals surface area contributed by atoms with Gasteiger partial charge in [0.2, 0.25) is 5.91 Å². The Balaban J connectivity index is 1.61. The van der Waals surface area contributed by atoms with E-state index in [1.807, 2.05) is 29.2 Å². The van der Waals surface area contributed by atoms with Gasteiger partial charge in [0.15, 0.2) is 0 Å². The van der Waals surface area contributed by atoms with E-state index >= 15 is 0 Å². The molecule has 2 fully saturated rings. The molecule has 0 bridgehead atoms. The molecule has 23 heavy (non-hydrogen) atoms. The number of methoxy groups -OCH3 is 1. The van der Waals surface area contributed by atoms with E-state index in [9.17, 15) is 9.59 Å². The minimum atomic E-state index is -0.0884. The normalized spacial score (nSPS) is 21.1. The fraction of sp³-hybridized carbons (Fsp3) is 0.529. The molecule has 6 heteroatoms. The van der Waals surface area contributed by atoms with Crippen LogP contribution < -0.4 is 10.2 Å². The molecule has 2 aliphatic rings. The highest BCUT2D eigenvalue weighted by molar-refractivity contribution is 5.96. The van der Waals surface area contributed by atoms with Gasteiger partial charge in [-0.05, 0) is 43.5 Å². The maximum Gasteiger partial charge on any atom is 0.322 e. The Morgan fingerprint density at radius 2 is 2.04 bits per heavy atom. The Hall–Kier alpha value is -2.08. The van der Waals surface area contributed by atoms with E-state index in [4.69, 9.17) is 4.74 Å². The fourth-order valence-corrected chi connectivity index (χ4v) is 3.31. The molecule has 3 rings (SSSR count). The molecule has 1 aromatic rings. The first kappa shape index (κ1) is 15.8. The van der Waals surface area contributed by atoms with Gasteiger partial charge in [0.1, 0.15) is 0 Å². The van der Waals surface area contributed by atoms with Crippen molar-refractivity contribution in [1.29, 1.82) is 0 Å². The van der Waals surface area contributed by atoms with Crippen LogP contribution in [-0.4, -0.2) is 49.7 Å². The van der Waals surface area contributed by atoms with Gasteiger partial charge >= 0.3 is 6.03 Å². The largest absolute Gasteiger partial charge is 0.383 e. The summed E-state index contributed by atoms with van der Waals surface area (Å²) in [6.07, 6.45) is 3.52. The number of hydrogen-bond donors (Lipinski definition) is 1. The van der Waals surface area contributed by atoms with Crippen LogP contribution >= 0.6 is 0 Å². The van der Waals surface area contributed by atoms with Gasteiger partial charge < -0.3 is 19.9 Å². The molecule has 0 aromatic heterocycles. The molecule has 0 saturated carbocycles. The Labute approximate surface area is 136 Å². The Morgan fingerprint density at radius 3 is 2.70 bits per heavy atom. The molecular weight excluding hydrogens is 294 g/mol. The summed E-state index contributed by atoms with van der Waals surface area (Å²) >= 11 is 0. The number of likely N-dealkylation sites (tertiary alicyclic amines) is 1. The number of urea groups is 1. The summed E-state index contributed by atoms with van der Waals surface area (Å²) in [6.45, 7) is 2.11. The van der Waals surface area contributed by atoms with E-state index in [0.29, 0.717) is 13.0 Å². The molecule has 0 radical (unpaired) electrons. The topological polar surface area (TPSA) is 61.9 Å². The number of ether oxygens (including phenoxy) is 1. The quantitative estimate of drug-likeness (QED) is 0.928. The van der Waals surface area contributed by atoms with Crippen LogP contribution in [0.25, 0.3) is 0 Å². The Kier molecular flexibility index (Phi) is 4.81. The maximum absolute atomic E-state index is 12.4. The lowest BCUT2D eigenvalue weighted by Crippen LogP contribution is -2.40. The summed E-state index contributed by atoms with van der Waals surface area (Å²) < 4.78 is 5.18. The number of rotatable bonds is 4. The third kappa shape index (κ3) is 3.47. The molecule has 2 aliphatic heterocycles. The van der Waals surface area contributed by atoms with Crippen molar-refractivity contribution in [3.63, 3.8) is 0 Å². The van der Waals surface area contributed by atoms with Crippen LogP contribution in [-0.2, 0) is 9.53 Å². The zero-order valence-electron chi connectivity index (χ0n) is 13.5. The minimum Gasteiger partial charge on any atom is -0.383 e. The Morgan fingerprint density at radius 1 is 1.26 bits per heavy atom. The molecule has 0 spiro atoms. The summed E-state index contributed by atoms with van der Waals surface area (Å²) in [5.74, 6) is 0.168. The second kappa shape index (κ2) is 7.00. The third-order valence-corrected chi connectivity index (χ3v) is 4.50. The van der Waals surface area contributed by atoms with E-state index in [-0.39, 0.29) is 18.0 Å². The molecule has 1 N–H and O–H groups in total. The summed E-state index contributed by atoms with van der Waals surface area (Å²) in [4.78, 5) is 27.8. The standard InChI is InChI=1S/C17H23N3O3/c1-23-12-15-4-2-11-20(15)17(22)18-13-6-8-14(9-7-13)19-10-3-5-16(19)21/h6-9,15H,2-5,10-12H2,1H3,(H,18,22). The first-order chi connectivity index (χ1) is 11.2. The average molecular weight is 317 g/mol. The van der Waals surface area contributed by atoms with Crippen LogP contribution in [0.3, 0.4) is 0 Å². The predicted molar refractivity (Wildman–Crippen MR) is 88.7 cm³/mol. The minimum absolute atomic E-state index is 0.0884. The molecular formula is C17H23N3O3. The number of carbonyl (C=O) groups is 2. The van der Waals surface area contributed by atoms with E-state index in [1.54, 1.807) is 12.0 Å². The maximum atomic E-state index is 12.4. The summed E-state index contributed by atoms with van der Waals surface area (Å²) in [5.41, 5.74) is 1.64. The smallest absolute Gasteiger partial charge is 0.322 e. The first-order valence-corrected chi connectivity index (χ1v) is 8.16. The highest BCUT2D eigenvalue weighted by atomic mass is 16.5. The molecule has 1 atom stereocenters. The molecule has 3 amide bonds. The number of carbonyl (C=O) groups excluding carboxylic acids is 2. The van der Waals surface area contributed by atoms with Crippen molar-refractivity contribution in [3.05, 3.63) is 24.3 Å². The van der Waals surface area contributed by atoms with E-state index < -0.39 is 0 Å². The third-order valence-electron chi connectivity index (χ3n) is 4.50. The molecule has 1 aromatic carbocycles. The lowest BCUT2D eigenvalue weighted by Gasteiger charge is -2.24. The lowest BCUT2D eigenvalue weighted by molar-refractivity contribution is -0.117. The van der Waals surface area contributed by atoms with Crippen LogP contribution in [0.2, 0.25) is 0 Å². The van der Waals surface area contributed by atoms with Crippen molar-refractivity contribution in [2.45, 2.75) is 31.7 Å². The fourth-order valence-electron chi connectivity index (χ4n) is 3.31. The summed E-state index contributed by atoms with van der Waals surface area (Å²) in [6, 6.07) is 7.53. The number of benzene rings is 1. The van der Waals surface area contributed by atoms with Gasteiger partial charge in [-0.15, -0.1) is 0 Å². The summed E-state index contributed by atoms with van der Waals surface area (Å²) in [7, 11) is 1.66. The van der Waals surface area contributed by atoms with Crippen molar-refractivity contribution in [3.8, 4) is 0 Å². The monoisotopic (exact) mass is 317 g/mol.